The summed E-state index contributed by atoms with van der Waals surface area (Å²) in [7, 11) is 0. The average molecular weight is 230 g/mol. The van der Waals surface area contributed by atoms with E-state index >= 15 is 0 Å². The second-order valence-corrected chi connectivity index (χ2v) is 4.55. The normalized spacial score (nSPS) is 12.7. The first-order chi connectivity index (χ1) is 8.08. The zero-order valence-electron chi connectivity index (χ0n) is 10.5. The van der Waals surface area contributed by atoms with Gasteiger partial charge in [0.15, 0.2) is 0 Å². The fourth-order valence-electron chi connectivity index (χ4n) is 1.96. The van der Waals surface area contributed by atoms with Crippen LogP contribution < -0.4 is 0 Å². The molecule has 2 N–H and O–H groups in total. The van der Waals surface area contributed by atoms with Gasteiger partial charge in [-0.3, -0.25) is 0 Å². The molecule has 1 atom stereocenters. The summed E-state index contributed by atoms with van der Waals surface area (Å²) in [5, 5.41) is 10.1. The largest absolute Gasteiger partial charge is 0.386 e. The Morgan fingerprint density at radius 3 is 2.59 bits per heavy atom. The van der Waals surface area contributed by atoms with Gasteiger partial charge in [0.2, 0.25) is 0 Å². The van der Waals surface area contributed by atoms with Gasteiger partial charge in [0, 0.05) is 12.1 Å². The maximum Gasteiger partial charge on any atom is 0.102 e. The molecular weight excluding hydrogens is 212 g/mol. The topological polar surface area (TPSA) is 48.9 Å². The summed E-state index contributed by atoms with van der Waals surface area (Å²) < 4.78 is 0. The van der Waals surface area contributed by atoms with Crippen LogP contribution in [0.4, 0.5) is 0 Å². The average Bonchev–Trinajstić information content (AvgIpc) is 2.70. The van der Waals surface area contributed by atoms with Crippen molar-refractivity contribution < 1.29 is 5.11 Å². The number of nitrogens with one attached hydrogen (secondary N) is 1. The maximum absolute atomic E-state index is 10.1. The van der Waals surface area contributed by atoms with Crippen molar-refractivity contribution in [3.8, 4) is 0 Å². The Morgan fingerprint density at radius 2 is 2.00 bits per heavy atom. The Hall–Kier alpha value is -1.61. The smallest absolute Gasteiger partial charge is 0.102 e. The minimum Gasteiger partial charge on any atom is -0.386 e. The number of aromatic nitrogens is 2. The lowest BCUT2D eigenvalue weighted by molar-refractivity contribution is 0.173. The first kappa shape index (κ1) is 11.9. The van der Waals surface area contributed by atoms with Crippen molar-refractivity contribution in [2.45, 2.75) is 33.3 Å². The van der Waals surface area contributed by atoms with Gasteiger partial charge in [-0.15, -0.1) is 0 Å². The Balaban J connectivity index is 2.16. The van der Waals surface area contributed by atoms with Crippen molar-refractivity contribution in [2.24, 2.45) is 0 Å². The second kappa shape index (κ2) is 4.72. The van der Waals surface area contributed by atoms with Gasteiger partial charge in [0.25, 0.3) is 0 Å². The highest BCUT2D eigenvalue weighted by Gasteiger charge is 2.13. The molecule has 0 saturated heterocycles. The summed E-state index contributed by atoms with van der Waals surface area (Å²) >= 11 is 0. The lowest BCUT2D eigenvalue weighted by Crippen LogP contribution is -2.04. The van der Waals surface area contributed by atoms with E-state index in [1.807, 2.05) is 6.92 Å². The third-order valence-corrected chi connectivity index (χ3v) is 3.18. The van der Waals surface area contributed by atoms with Crippen LogP contribution in [0.25, 0.3) is 0 Å². The monoisotopic (exact) mass is 230 g/mol. The van der Waals surface area contributed by atoms with Crippen molar-refractivity contribution in [3.63, 3.8) is 0 Å². The zero-order valence-corrected chi connectivity index (χ0v) is 10.5. The highest BCUT2D eigenvalue weighted by molar-refractivity contribution is 5.31. The summed E-state index contributed by atoms with van der Waals surface area (Å²) in [6.07, 6.45) is 1.68. The number of rotatable bonds is 3. The van der Waals surface area contributed by atoms with Crippen LogP contribution in [-0.2, 0) is 6.42 Å². The number of H-pyrrole nitrogens is 1. The fraction of sp³-hybridized carbons (Fsp3) is 0.357. The summed E-state index contributed by atoms with van der Waals surface area (Å²) in [4.78, 5) is 7.13. The maximum atomic E-state index is 10.1. The van der Waals surface area contributed by atoms with Crippen LogP contribution in [-0.4, -0.2) is 15.1 Å². The first-order valence-corrected chi connectivity index (χ1v) is 5.82. The number of hydrogen-bond donors (Lipinski definition) is 2. The molecule has 17 heavy (non-hydrogen) atoms. The molecule has 0 saturated carbocycles. The van der Waals surface area contributed by atoms with E-state index in [4.69, 9.17) is 0 Å². The molecule has 1 heterocycles. The molecule has 0 bridgehead atoms. The van der Waals surface area contributed by atoms with E-state index in [9.17, 15) is 5.11 Å². The SMILES string of the molecule is Cc1ccc(CC(O)c2nc[nH]c2C)cc1C. The highest BCUT2D eigenvalue weighted by Crippen LogP contribution is 2.20. The number of aliphatic hydroxyl groups is 1. The van der Waals surface area contributed by atoms with Crippen LogP contribution in [0.1, 0.15) is 34.2 Å². The van der Waals surface area contributed by atoms with Crippen molar-refractivity contribution in [1.29, 1.82) is 0 Å². The van der Waals surface area contributed by atoms with Crippen molar-refractivity contribution in [1.82, 2.24) is 9.97 Å². The standard InChI is InChI=1S/C14H18N2O/c1-9-4-5-12(6-10(9)2)7-13(17)14-11(3)15-8-16-14/h4-6,8,13,17H,7H2,1-3H3,(H,15,16). The van der Waals surface area contributed by atoms with Crippen molar-refractivity contribution in [3.05, 3.63) is 52.6 Å². The van der Waals surface area contributed by atoms with E-state index in [0.29, 0.717) is 6.42 Å². The predicted octanol–water partition coefficient (Wildman–Crippen LogP) is 2.61. The summed E-state index contributed by atoms with van der Waals surface area (Å²) in [5.74, 6) is 0. The molecular formula is C14H18N2O. The number of hydrogen-bond acceptors (Lipinski definition) is 2. The molecule has 0 aliphatic heterocycles. The molecule has 0 amide bonds. The van der Waals surface area contributed by atoms with Crippen molar-refractivity contribution in [2.75, 3.05) is 0 Å². The molecule has 1 aromatic carbocycles. The van der Waals surface area contributed by atoms with E-state index in [0.717, 1.165) is 17.0 Å². The van der Waals surface area contributed by atoms with Gasteiger partial charge in [-0.05, 0) is 37.5 Å². The van der Waals surface area contributed by atoms with Gasteiger partial charge in [-0.1, -0.05) is 18.2 Å². The van der Waals surface area contributed by atoms with Gasteiger partial charge < -0.3 is 10.1 Å². The molecule has 1 aromatic heterocycles. The highest BCUT2D eigenvalue weighted by atomic mass is 16.3. The number of aryl methyl sites for hydroxylation is 3. The molecule has 0 aliphatic carbocycles. The minimum atomic E-state index is -0.539. The number of benzene rings is 1. The summed E-state index contributed by atoms with van der Waals surface area (Å²) in [6, 6.07) is 6.28. The minimum absolute atomic E-state index is 0.539. The molecule has 0 aliphatic rings. The Morgan fingerprint density at radius 1 is 1.24 bits per heavy atom. The lowest BCUT2D eigenvalue weighted by Gasteiger charge is -2.10. The van der Waals surface area contributed by atoms with E-state index in [1.165, 1.54) is 11.1 Å². The van der Waals surface area contributed by atoms with Gasteiger partial charge >= 0.3 is 0 Å². The molecule has 2 rings (SSSR count). The molecule has 2 aromatic rings. The number of nitrogens with zero attached hydrogens (tertiary/aromatic N) is 1. The third-order valence-electron chi connectivity index (χ3n) is 3.18. The quantitative estimate of drug-likeness (QED) is 0.851. The molecule has 0 fully saturated rings. The lowest BCUT2D eigenvalue weighted by atomic mass is 10.0. The number of aliphatic hydroxyl groups excluding tert-OH is 1. The van der Waals surface area contributed by atoms with Gasteiger partial charge in [-0.2, -0.15) is 0 Å². The fourth-order valence-corrected chi connectivity index (χ4v) is 1.96. The van der Waals surface area contributed by atoms with Gasteiger partial charge in [-0.25, -0.2) is 4.98 Å². The van der Waals surface area contributed by atoms with Crippen molar-refractivity contribution >= 4 is 0 Å². The van der Waals surface area contributed by atoms with E-state index in [-0.39, 0.29) is 0 Å². The number of aromatic amines is 1. The Bertz CT molecular complexity index is 517. The second-order valence-electron chi connectivity index (χ2n) is 4.55. The van der Waals surface area contributed by atoms with Crippen LogP contribution in [0.3, 0.4) is 0 Å². The third kappa shape index (κ3) is 2.56. The Kier molecular flexibility index (Phi) is 3.29. The van der Waals surface area contributed by atoms with E-state index < -0.39 is 6.10 Å². The molecule has 90 valence electrons. The number of imidazole rings is 1. The predicted molar refractivity (Wildman–Crippen MR) is 67.9 cm³/mol. The van der Waals surface area contributed by atoms with Crippen LogP contribution in [0.15, 0.2) is 24.5 Å². The van der Waals surface area contributed by atoms with Crippen LogP contribution in [0, 0.1) is 20.8 Å². The van der Waals surface area contributed by atoms with E-state index in [1.54, 1.807) is 6.33 Å². The van der Waals surface area contributed by atoms with E-state index in [2.05, 4.69) is 42.0 Å². The molecule has 0 spiro atoms. The Labute approximate surface area is 102 Å². The van der Waals surface area contributed by atoms with Gasteiger partial charge in [0.1, 0.15) is 6.10 Å². The summed E-state index contributed by atoms with van der Waals surface area (Å²) in [6.45, 7) is 6.10. The summed E-state index contributed by atoms with van der Waals surface area (Å²) in [5.41, 5.74) is 5.35. The molecule has 3 nitrogen and oxygen atoms in total. The van der Waals surface area contributed by atoms with Gasteiger partial charge in [0.05, 0.1) is 12.0 Å². The van der Waals surface area contributed by atoms with Crippen LogP contribution >= 0.6 is 0 Å². The first-order valence-electron chi connectivity index (χ1n) is 5.82. The molecule has 1 unspecified atom stereocenters. The zero-order chi connectivity index (χ0) is 12.4. The molecule has 0 radical (unpaired) electrons. The molecule has 3 heteroatoms. The van der Waals surface area contributed by atoms with Crippen LogP contribution in [0.5, 0.6) is 0 Å². The van der Waals surface area contributed by atoms with Crippen LogP contribution in [0.2, 0.25) is 0 Å².